The highest BCUT2D eigenvalue weighted by Gasteiger charge is 2.15. The predicted molar refractivity (Wildman–Crippen MR) is 202 cm³/mol. The molecule has 0 atom stereocenters. The second kappa shape index (κ2) is 23.8. The summed E-state index contributed by atoms with van der Waals surface area (Å²) in [5, 5.41) is 24.7. The lowest BCUT2D eigenvalue weighted by Gasteiger charge is -2.18. The van der Waals surface area contributed by atoms with Gasteiger partial charge < -0.3 is 39.2 Å². The summed E-state index contributed by atoms with van der Waals surface area (Å²) in [7, 11) is 1.24. The van der Waals surface area contributed by atoms with Crippen molar-refractivity contribution in [3.63, 3.8) is 0 Å². The number of phenols is 2. The minimum atomic E-state index is -1.49. The highest BCUT2D eigenvalue weighted by atomic mass is 35.5. The summed E-state index contributed by atoms with van der Waals surface area (Å²) in [5.74, 6) is -6.99. The quantitative estimate of drug-likeness (QED) is 0.0542. The van der Waals surface area contributed by atoms with Crippen molar-refractivity contribution >= 4 is 23.2 Å². The number of nitrogens with zero attached hydrogens (tertiary/aromatic N) is 1. The minimum Gasteiger partial charge on any atom is -0.504 e. The molecule has 0 saturated carbocycles. The summed E-state index contributed by atoms with van der Waals surface area (Å²) in [5.41, 5.74) is 1.72. The maximum absolute atomic E-state index is 13.4. The van der Waals surface area contributed by atoms with Crippen molar-refractivity contribution in [1.29, 1.82) is 0 Å². The largest absolute Gasteiger partial charge is 0.504 e. The molecule has 0 unspecified atom stereocenters. The Kier molecular flexibility index (Phi) is 20.1. The van der Waals surface area contributed by atoms with Crippen molar-refractivity contribution in [2.24, 2.45) is 0 Å². The minimum absolute atomic E-state index is 0. The first-order valence-electron chi connectivity index (χ1n) is 17.3. The molecule has 3 N–H and O–H groups in total. The predicted octanol–water partition coefficient (Wildman–Crippen LogP) is 9.16. The van der Waals surface area contributed by atoms with Crippen LogP contribution in [0.4, 0.5) is 26.3 Å². The zero-order chi connectivity index (χ0) is 40.5. The molecule has 0 saturated heterocycles. The number of pyridine rings is 1. The lowest BCUT2D eigenvalue weighted by atomic mass is 10.00. The number of hydrogen-bond acceptors (Lipinski definition) is 9. The molecule has 0 aliphatic carbocycles. The molecule has 1 aromatic heterocycles. The maximum atomic E-state index is 13.4. The molecule has 5 rings (SSSR count). The highest BCUT2D eigenvalue weighted by Crippen LogP contribution is 2.36. The number of aromatic hydroxyl groups is 2. The van der Waals surface area contributed by atoms with Gasteiger partial charge in [-0.3, -0.25) is 4.98 Å². The normalized spacial score (nSPS) is 10.6. The third-order valence-corrected chi connectivity index (χ3v) is 7.61. The van der Waals surface area contributed by atoms with E-state index in [2.05, 4.69) is 15.0 Å². The molecule has 0 spiro atoms. The molecule has 0 amide bonds. The van der Waals surface area contributed by atoms with Crippen LogP contribution in [0.1, 0.15) is 44.4 Å². The first-order chi connectivity index (χ1) is 26.4. The van der Waals surface area contributed by atoms with Crippen LogP contribution < -0.4 is 19.5 Å². The smallest absolute Gasteiger partial charge is 0.194 e. The monoisotopic (exact) mass is 814 g/mol. The Morgan fingerprint density at radius 3 is 1.75 bits per heavy atom. The molecule has 56 heavy (non-hydrogen) atoms. The van der Waals surface area contributed by atoms with E-state index in [1.165, 1.54) is 13.3 Å². The van der Waals surface area contributed by atoms with Crippen LogP contribution in [0.25, 0.3) is 10.8 Å². The van der Waals surface area contributed by atoms with Crippen molar-refractivity contribution in [3.8, 4) is 28.7 Å². The molecule has 9 nitrogen and oxygen atoms in total. The average Bonchev–Trinajstić information content (AvgIpc) is 3.16. The number of para-hydroxylation sites is 1. The number of hydrogen-bond donors (Lipinski definition) is 3. The molecule has 0 aliphatic rings. The first-order valence-corrected chi connectivity index (χ1v) is 17.3. The summed E-state index contributed by atoms with van der Waals surface area (Å²) in [6.45, 7) is 10.8. The van der Waals surface area contributed by atoms with Gasteiger partial charge in [0.15, 0.2) is 64.2 Å². The molecule has 0 fully saturated rings. The fourth-order valence-electron chi connectivity index (χ4n) is 5.11. The van der Waals surface area contributed by atoms with E-state index in [4.69, 9.17) is 18.9 Å². The number of benzene rings is 4. The van der Waals surface area contributed by atoms with E-state index >= 15 is 0 Å². The molecular formula is C40H45ClF6N2O7. The van der Waals surface area contributed by atoms with Crippen LogP contribution in [0.3, 0.4) is 0 Å². The van der Waals surface area contributed by atoms with Crippen molar-refractivity contribution in [3.05, 3.63) is 119 Å². The first kappa shape index (κ1) is 47.2. The molecule has 5 aromatic rings. The van der Waals surface area contributed by atoms with E-state index in [1.807, 2.05) is 32.9 Å². The van der Waals surface area contributed by atoms with Crippen LogP contribution in [0, 0.1) is 34.9 Å². The van der Waals surface area contributed by atoms with Gasteiger partial charge in [0.1, 0.15) is 5.75 Å². The van der Waals surface area contributed by atoms with Gasteiger partial charge in [0, 0.05) is 61.8 Å². The van der Waals surface area contributed by atoms with E-state index in [1.54, 1.807) is 31.3 Å². The Bertz CT molecular complexity index is 1940. The van der Waals surface area contributed by atoms with E-state index in [0.717, 1.165) is 29.8 Å². The molecule has 0 bridgehead atoms. The average molecular weight is 815 g/mol. The summed E-state index contributed by atoms with van der Waals surface area (Å²) in [6.07, 6.45) is 2.91. The van der Waals surface area contributed by atoms with Crippen molar-refractivity contribution in [2.45, 2.75) is 47.0 Å². The molecule has 16 heteroatoms. The maximum Gasteiger partial charge on any atom is 0.194 e. The molecular weight excluding hydrogens is 770 g/mol. The van der Waals surface area contributed by atoms with Gasteiger partial charge in [0.25, 0.3) is 0 Å². The van der Waals surface area contributed by atoms with E-state index in [0.29, 0.717) is 67.4 Å². The number of fused-ring (bicyclic) bond motifs is 1. The Labute approximate surface area is 327 Å². The van der Waals surface area contributed by atoms with Crippen LogP contribution in [-0.2, 0) is 22.4 Å². The third-order valence-electron chi connectivity index (χ3n) is 7.61. The van der Waals surface area contributed by atoms with Gasteiger partial charge in [-0.25, -0.2) is 26.3 Å². The Morgan fingerprint density at radius 1 is 0.661 bits per heavy atom. The number of ether oxygens (including phenoxy) is 5. The lowest BCUT2D eigenvalue weighted by molar-refractivity contribution is -0.133. The summed E-state index contributed by atoms with van der Waals surface area (Å²) in [6, 6.07) is 12.3. The van der Waals surface area contributed by atoms with Crippen molar-refractivity contribution < 1.29 is 60.2 Å². The fourth-order valence-corrected chi connectivity index (χ4v) is 5.11. The van der Waals surface area contributed by atoms with Crippen LogP contribution >= 0.6 is 12.4 Å². The van der Waals surface area contributed by atoms with Gasteiger partial charge in [-0.05, 0) is 74.9 Å². The van der Waals surface area contributed by atoms with Gasteiger partial charge in [-0.1, -0.05) is 18.2 Å². The number of halogens is 7. The van der Waals surface area contributed by atoms with Gasteiger partial charge in [0.05, 0.1) is 20.3 Å². The van der Waals surface area contributed by atoms with Crippen LogP contribution in [0.2, 0.25) is 0 Å². The summed E-state index contributed by atoms with van der Waals surface area (Å²) < 4.78 is 103. The van der Waals surface area contributed by atoms with E-state index in [-0.39, 0.29) is 47.9 Å². The van der Waals surface area contributed by atoms with E-state index < -0.39 is 34.9 Å². The molecule has 0 radical (unpaired) electrons. The second-order valence-electron chi connectivity index (χ2n) is 11.4. The van der Waals surface area contributed by atoms with Crippen LogP contribution in [-0.4, -0.2) is 61.6 Å². The highest BCUT2D eigenvalue weighted by molar-refractivity contribution is 5.92. The number of methoxy groups -OCH3 is 1. The third kappa shape index (κ3) is 13.4. The zero-order valence-electron chi connectivity index (χ0n) is 31.4. The topological polar surface area (TPSA) is 112 Å². The number of phenolic OH excluding ortho intramolecular Hbond substituents is 2. The fraction of sp³-hybridized carbons (Fsp3) is 0.325. The van der Waals surface area contributed by atoms with Crippen LogP contribution in [0.15, 0.2) is 67.0 Å². The Balaban J connectivity index is 0.000000306. The number of nitrogens with one attached hydrogen (secondary N) is 1. The van der Waals surface area contributed by atoms with Crippen molar-refractivity contribution in [1.82, 2.24) is 10.3 Å². The van der Waals surface area contributed by atoms with Gasteiger partial charge in [0.2, 0.25) is 0 Å². The Hall–Kier alpha value is -4.96. The van der Waals surface area contributed by atoms with E-state index in [9.17, 15) is 36.6 Å². The molecule has 306 valence electrons. The van der Waals surface area contributed by atoms with Gasteiger partial charge >= 0.3 is 0 Å². The molecule has 4 aromatic carbocycles. The van der Waals surface area contributed by atoms with Gasteiger partial charge in [-0.2, -0.15) is 0 Å². The van der Waals surface area contributed by atoms with Crippen LogP contribution in [0.5, 0.6) is 28.7 Å². The van der Waals surface area contributed by atoms with Gasteiger partial charge in [-0.15, -0.1) is 12.4 Å². The lowest BCUT2D eigenvalue weighted by Crippen LogP contribution is -2.31. The standard InChI is InChI=1S/C18H14F3NO2.C15H25NO4.C7H5F3O.ClH/c1-2-24-16-4-3-12-11(8-22-9-13(12)18(16)23)5-10-6-14(19)17(21)15(20)7-10;1-4-18-13-9-7-8-12(15(13)17)10-16-11-14(19-5-2)20-6-3;1-11-4-2-5(8)7(10)6(9)3-4;/h3-4,6-9,23H,2,5H2,1H3;7-9,14,16-17H,4-6,10-11H2,1-3H3;2-3H,1H3;1H. The molecule has 0 aliphatic heterocycles. The zero-order valence-corrected chi connectivity index (χ0v) is 32.3. The Morgan fingerprint density at radius 2 is 1.21 bits per heavy atom. The summed E-state index contributed by atoms with van der Waals surface area (Å²) >= 11 is 0. The number of rotatable bonds is 15. The second-order valence-corrected chi connectivity index (χ2v) is 11.4. The molecule has 1 heterocycles. The summed E-state index contributed by atoms with van der Waals surface area (Å²) in [4.78, 5) is 4.06. The van der Waals surface area contributed by atoms with Crippen molar-refractivity contribution in [2.75, 3.05) is 40.1 Å². The SMILES string of the molecule is CCOc1ccc2c(Cc3cc(F)c(F)c(F)c3)cncc2c1O.CCOc1cccc(CNCC(OCC)OCC)c1O.COc1cc(F)c(F)c(F)c1.Cl. The number of aromatic nitrogens is 1.